The van der Waals surface area contributed by atoms with Crippen LogP contribution in [0.25, 0.3) is 16.9 Å². The van der Waals surface area contributed by atoms with Crippen molar-refractivity contribution >= 4 is 0 Å². The van der Waals surface area contributed by atoms with Crippen molar-refractivity contribution in [2.24, 2.45) is 0 Å². The zero-order valence-corrected chi connectivity index (χ0v) is 12.6. The molecule has 0 N–H and O–H groups in total. The second-order valence-electron chi connectivity index (χ2n) is 5.78. The highest BCUT2D eigenvalue weighted by Gasteiger charge is 2.20. The molecule has 0 amide bonds. The van der Waals surface area contributed by atoms with E-state index in [-0.39, 0.29) is 0 Å². The number of benzene rings is 2. The maximum Gasteiger partial charge on any atom is 0.116 e. The van der Waals surface area contributed by atoms with Gasteiger partial charge in [0.2, 0.25) is 0 Å². The normalized spacial score (nSPS) is 14.8. The van der Waals surface area contributed by atoms with Gasteiger partial charge in [0, 0.05) is 25.1 Å². The Morgan fingerprint density at radius 1 is 0.955 bits per heavy atom. The van der Waals surface area contributed by atoms with Crippen LogP contribution in [0.5, 0.6) is 0 Å². The van der Waals surface area contributed by atoms with Gasteiger partial charge in [-0.05, 0) is 18.7 Å². The maximum absolute atomic E-state index is 4.47. The second kappa shape index (κ2) is 5.39. The molecule has 0 fully saturated rings. The molecule has 1 aliphatic rings. The number of fused-ring (bicyclic) bond motifs is 3. The maximum atomic E-state index is 4.47. The van der Waals surface area contributed by atoms with E-state index in [1.807, 2.05) is 22.9 Å². The summed E-state index contributed by atoms with van der Waals surface area (Å²) in [6.07, 6.45) is 0.946. The van der Waals surface area contributed by atoms with E-state index in [0.29, 0.717) is 0 Å². The van der Waals surface area contributed by atoms with Crippen LogP contribution >= 0.6 is 0 Å². The summed E-state index contributed by atoms with van der Waals surface area (Å²) >= 11 is 0. The lowest BCUT2D eigenvalue weighted by Gasteiger charge is -2.23. The summed E-state index contributed by atoms with van der Waals surface area (Å²) in [5.74, 6) is 0. The summed E-state index contributed by atoms with van der Waals surface area (Å²) in [5.41, 5.74) is 5.73. The standard InChI is InChI=1S/C18H18N4/c1-21-12-11-17-18(14-7-3-2-4-8-14)19-20-22(17)16-10-6-5-9-15(16)13-21/h2-10H,11-13H2,1H3. The van der Waals surface area contributed by atoms with Gasteiger partial charge in [0.15, 0.2) is 0 Å². The average molecular weight is 290 g/mol. The van der Waals surface area contributed by atoms with Crippen molar-refractivity contribution in [1.29, 1.82) is 0 Å². The highest BCUT2D eigenvalue weighted by atomic mass is 15.4. The summed E-state index contributed by atoms with van der Waals surface area (Å²) in [4.78, 5) is 2.35. The van der Waals surface area contributed by atoms with Crippen molar-refractivity contribution < 1.29 is 0 Å². The number of nitrogens with zero attached hydrogens (tertiary/aromatic N) is 4. The summed E-state index contributed by atoms with van der Waals surface area (Å²) in [5, 5.41) is 8.92. The predicted molar refractivity (Wildman–Crippen MR) is 86.8 cm³/mol. The molecule has 0 saturated heterocycles. The van der Waals surface area contributed by atoms with Crippen LogP contribution in [0.3, 0.4) is 0 Å². The topological polar surface area (TPSA) is 34.0 Å². The molecule has 2 heterocycles. The fourth-order valence-corrected chi connectivity index (χ4v) is 3.06. The fraction of sp³-hybridized carbons (Fsp3) is 0.222. The molecule has 0 radical (unpaired) electrons. The van der Waals surface area contributed by atoms with Gasteiger partial charge in [-0.1, -0.05) is 53.7 Å². The van der Waals surface area contributed by atoms with Crippen LogP contribution in [-0.4, -0.2) is 33.5 Å². The molecule has 3 aromatic rings. The number of para-hydroxylation sites is 1. The molecule has 0 bridgehead atoms. The van der Waals surface area contributed by atoms with E-state index < -0.39 is 0 Å². The van der Waals surface area contributed by atoms with Crippen LogP contribution in [0.1, 0.15) is 11.3 Å². The smallest absolute Gasteiger partial charge is 0.116 e. The second-order valence-corrected chi connectivity index (χ2v) is 5.78. The number of rotatable bonds is 1. The third kappa shape index (κ3) is 2.22. The van der Waals surface area contributed by atoms with Gasteiger partial charge in [-0.3, -0.25) is 0 Å². The fourth-order valence-electron chi connectivity index (χ4n) is 3.06. The Bertz CT molecular complexity index is 792. The molecule has 1 aliphatic heterocycles. The van der Waals surface area contributed by atoms with Crippen molar-refractivity contribution in [3.63, 3.8) is 0 Å². The van der Waals surface area contributed by atoms with Gasteiger partial charge >= 0.3 is 0 Å². The molecule has 22 heavy (non-hydrogen) atoms. The largest absolute Gasteiger partial charge is 0.302 e. The zero-order chi connectivity index (χ0) is 14.9. The minimum absolute atomic E-state index is 0.941. The Morgan fingerprint density at radius 2 is 1.73 bits per heavy atom. The number of hydrogen-bond acceptors (Lipinski definition) is 3. The van der Waals surface area contributed by atoms with Gasteiger partial charge in [0.25, 0.3) is 0 Å². The summed E-state index contributed by atoms with van der Waals surface area (Å²) in [7, 11) is 2.17. The molecular formula is C18H18N4. The highest BCUT2D eigenvalue weighted by Crippen LogP contribution is 2.27. The van der Waals surface area contributed by atoms with Gasteiger partial charge in [-0.25, -0.2) is 4.68 Å². The third-order valence-corrected chi connectivity index (χ3v) is 4.20. The summed E-state index contributed by atoms with van der Waals surface area (Å²) in [6.45, 7) is 1.94. The van der Waals surface area contributed by atoms with Gasteiger partial charge in [0.05, 0.1) is 11.4 Å². The Kier molecular flexibility index (Phi) is 3.24. The lowest BCUT2D eigenvalue weighted by molar-refractivity contribution is 0.324. The molecule has 0 atom stereocenters. The first kappa shape index (κ1) is 13.2. The van der Waals surface area contributed by atoms with E-state index in [4.69, 9.17) is 0 Å². The minimum atomic E-state index is 0.941. The van der Waals surface area contributed by atoms with E-state index in [9.17, 15) is 0 Å². The predicted octanol–water partition coefficient (Wildman–Crippen LogP) is 2.92. The van der Waals surface area contributed by atoms with Gasteiger partial charge in [-0.15, -0.1) is 5.10 Å². The number of aromatic nitrogens is 3. The van der Waals surface area contributed by atoms with E-state index in [0.717, 1.165) is 36.5 Å². The monoisotopic (exact) mass is 290 g/mol. The molecule has 4 nitrogen and oxygen atoms in total. The Balaban J connectivity index is 1.91. The quantitative estimate of drug-likeness (QED) is 0.691. The van der Waals surface area contributed by atoms with Crippen molar-refractivity contribution in [2.45, 2.75) is 13.0 Å². The molecule has 1 aromatic heterocycles. The molecule has 0 saturated carbocycles. The minimum Gasteiger partial charge on any atom is -0.302 e. The molecule has 4 heteroatoms. The average Bonchev–Trinajstić information content (AvgIpc) is 2.96. The van der Waals surface area contributed by atoms with E-state index in [2.05, 4.69) is 58.7 Å². The molecular weight excluding hydrogens is 272 g/mol. The Labute approximate surface area is 130 Å². The Hall–Kier alpha value is -2.46. The van der Waals surface area contributed by atoms with Crippen LogP contribution in [0.15, 0.2) is 54.6 Å². The summed E-state index contributed by atoms with van der Waals surface area (Å²) in [6, 6.07) is 18.8. The SMILES string of the molecule is CN1CCc2c(-c3ccccc3)nnn2-c2ccccc2C1. The molecule has 0 unspecified atom stereocenters. The molecule has 4 rings (SSSR count). The summed E-state index contributed by atoms with van der Waals surface area (Å²) < 4.78 is 2.02. The Morgan fingerprint density at radius 3 is 2.59 bits per heavy atom. The molecule has 0 spiro atoms. The first-order chi connectivity index (χ1) is 10.8. The van der Waals surface area contributed by atoms with Crippen LogP contribution in [0, 0.1) is 0 Å². The van der Waals surface area contributed by atoms with Crippen molar-refractivity contribution in [3.05, 3.63) is 65.9 Å². The molecule has 2 aromatic carbocycles. The highest BCUT2D eigenvalue weighted by molar-refractivity contribution is 5.62. The lowest BCUT2D eigenvalue weighted by atomic mass is 10.1. The van der Waals surface area contributed by atoms with Crippen molar-refractivity contribution in [3.8, 4) is 16.9 Å². The van der Waals surface area contributed by atoms with Gasteiger partial charge in [-0.2, -0.15) is 0 Å². The van der Waals surface area contributed by atoms with Crippen LogP contribution in [-0.2, 0) is 13.0 Å². The van der Waals surface area contributed by atoms with Crippen LogP contribution < -0.4 is 0 Å². The van der Waals surface area contributed by atoms with Gasteiger partial charge in [0.1, 0.15) is 5.69 Å². The zero-order valence-electron chi connectivity index (χ0n) is 12.6. The van der Waals surface area contributed by atoms with Crippen LogP contribution in [0.4, 0.5) is 0 Å². The molecule has 110 valence electrons. The lowest BCUT2D eigenvalue weighted by Crippen LogP contribution is -2.25. The number of likely N-dealkylation sites (N-methyl/N-ethyl adjacent to an activating group) is 1. The van der Waals surface area contributed by atoms with Crippen LogP contribution in [0.2, 0.25) is 0 Å². The van der Waals surface area contributed by atoms with E-state index >= 15 is 0 Å². The van der Waals surface area contributed by atoms with E-state index in [1.54, 1.807) is 0 Å². The first-order valence-electron chi connectivity index (χ1n) is 7.60. The first-order valence-corrected chi connectivity index (χ1v) is 7.60. The van der Waals surface area contributed by atoms with E-state index in [1.165, 1.54) is 11.3 Å². The van der Waals surface area contributed by atoms with Crippen molar-refractivity contribution in [1.82, 2.24) is 19.9 Å². The number of hydrogen-bond donors (Lipinski definition) is 0. The van der Waals surface area contributed by atoms with Crippen molar-refractivity contribution in [2.75, 3.05) is 13.6 Å². The molecule has 0 aliphatic carbocycles. The van der Waals surface area contributed by atoms with Gasteiger partial charge < -0.3 is 4.90 Å². The third-order valence-electron chi connectivity index (χ3n) is 4.20.